The van der Waals surface area contributed by atoms with Crippen molar-refractivity contribution >= 4 is 13.1 Å². The molecule has 0 aromatic rings. The molecule has 0 radical (unpaired) electrons. The first-order valence-corrected chi connectivity index (χ1v) is 6.87. The fourth-order valence-corrected chi connectivity index (χ4v) is 2.24. The number of hydrogen-bond acceptors (Lipinski definition) is 2. The number of carbonyl (C=O) groups is 1. The van der Waals surface area contributed by atoms with Crippen LogP contribution in [-0.2, 0) is 4.74 Å². The zero-order chi connectivity index (χ0) is 16.5. The molecule has 1 aliphatic heterocycles. The summed E-state index contributed by atoms with van der Waals surface area (Å²) in [7, 11) is 0. The van der Waals surface area contributed by atoms with Gasteiger partial charge in [0.15, 0.2) is 0 Å². The van der Waals surface area contributed by atoms with Crippen LogP contribution in [0.5, 0.6) is 0 Å². The van der Waals surface area contributed by atoms with Gasteiger partial charge >= 0.3 is 64.5 Å². The summed E-state index contributed by atoms with van der Waals surface area (Å²) < 4.78 is 69.8. The van der Waals surface area contributed by atoms with Gasteiger partial charge in [0.2, 0.25) is 5.92 Å². The van der Waals surface area contributed by atoms with Gasteiger partial charge < -0.3 is 22.6 Å². The van der Waals surface area contributed by atoms with E-state index in [2.05, 4.69) is 0 Å². The van der Waals surface area contributed by atoms with Crippen molar-refractivity contribution in [3.63, 3.8) is 0 Å². The van der Waals surface area contributed by atoms with Crippen LogP contribution in [0.25, 0.3) is 0 Å². The summed E-state index contributed by atoms with van der Waals surface area (Å²) in [5, 5.41) is 0. The summed E-state index contributed by atoms with van der Waals surface area (Å²) in [6, 6.07) is 0. The monoisotopic (exact) mass is 355 g/mol. The Bertz CT molecular complexity index is 387. The summed E-state index contributed by atoms with van der Waals surface area (Å²) in [6.07, 6.45) is -3.40. The molecule has 1 unspecified atom stereocenters. The fourth-order valence-electron chi connectivity index (χ4n) is 2.24. The van der Waals surface area contributed by atoms with E-state index in [-0.39, 0.29) is 70.9 Å². The summed E-state index contributed by atoms with van der Waals surface area (Å²) in [4.78, 5) is 12.9. The third-order valence-corrected chi connectivity index (χ3v) is 3.26. The fraction of sp³-hybridized carbons (Fsp3) is 0.917. The molecule has 1 aliphatic rings. The van der Waals surface area contributed by atoms with Gasteiger partial charge in [0.1, 0.15) is 5.60 Å². The van der Waals surface area contributed by atoms with E-state index in [1.54, 1.807) is 20.8 Å². The summed E-state index contributed by atoms with van der Waals surface area (Å²) >= 11 is 0. The summed E-state index contributed by atoms with van der Waals surface area (Å²) in [5.41, 5.74) is -0.777. The maximum atomic E-state index is 13.8. The SMILES string of the molecule is CC(C)(C)OC(=O)N1CCC(C[B-](F)(F)F)C(F)(F)CC1.[K+]. The number of likely N-dealkylation sites (tertiary alicyclic amines) is 1. The number of nitrogens with zero attached hydrogens (tertiary/aromatic N) is 1. The standard InChI is InChI=1S/C12H20BF5NO2.K/c1-11(2,3)21-10(20)19-6-4-9(8-13(16,17)18)12(14,15)5-7-19;/h9H,4-8H2,1-3H3;/q-1;+1. The first-order valence-electron chi connectivity index (χ1n) is 6.87. The Balaban J connectivity index is 0.00000441. The molecule has 0 spiro atoms. The number of halogens is 5. The molecule has 0 N–H and O–H groups in total. The Hall–Kier alpha value is 0.621. The minimum Gasteiger partial charge on any atom is -0.449 e. The molecule has 1 heterocycles. The summed E-state index contributed by atoms with van der Waals surface area (Å²) in [6.45, 7) is -0.840. The first-order chi connectivity index (χ1) is 9.30. The van der Waals surface area contributed by atoms with E-state index in [9.17, 15) is 26.5 Å². The largest absolute Gasteiger partial charge is 1.00 e. The van der Waals surface area contributed by atoms with Gasteiger partial charge in [0.25, 0.3) is 0 Å². The molecule has 1 rings (SSSR count). The van der Waals surface area contributed by atoms with Crippen molar-refractivity contribution in [1.29, 1.82) is 0 Å². The topological polar surface area (TPSA) is 29.5 Å². The van der Waals surface area contributed by atoms with Crippen molar-refractivity contribution in [2.24, 2.45) is 5.92 Å². The van der Waals surface area contributed by atoms with E-state index in [0.29, 0.717) is 0 Å². The van der Waals surface area contributed by atoms with Crippen molar-refractivity contribution in [3.8, 4) is 0 Å². The predicted molar refractivity (Wildman–Crippen MR) is 69.4 cm³/mol. The van der Waals surface area contributed by atoms with E-state index < -0.39 is 43.3 Å². The molecule has 0 aliphatic carbocycles. The zero-order valence-corrected chi connectivity index (χ0v) is 16.5. The van der Waals surface area contributed by atoms with E-state index in [4.69, 9.17) is 4.74 Å². The number of hydrogen-bond donors (Lipinski definition) is 0. The number of rotatable bonds is 2. The average Bonchev–Trinajstić information content (AvgIpc) is 2.35. The molecule has 1 saturated heterocycles. The Morgan fingerprint density at radius 3 is 2.27 bits per heavy atom. The molecule has 1 atom stereocenters. The van der Waals surface area contributed by atoms with Gasteiger partial charge in [-0.3, -0.25) is 0 Å². The normalized spacial score (nSPS) is 22.5. The van der Waals surface area contributed by atoms with Crippen LogP contribution in [0.2, 0.25) is 6.32 Å². The zero-order valence-electron chi connectivity index (χ0n) is 13.3. The Labute approximate surface area is 169 Å². The van der Waals surface area contributed by atoms with Crippen LogP contribution in [0.4, 0.5) is 26.5 Å². The van der Waals surface area contributed by atoms with Crippen LogP contribution in [0.3, 0.4) is 0 Å². The molecular weight excluding hydrogens is 335 g/mol. The van der Waals surface area contributed by atoms with Crippen LogP contribution < -0.4 is 51.4 Å². The molecule has 22 heavy (non-hydrogen) atoms. The van der Waals surface area contributed by atoms with Gasteiger partial charge in [0.05, 0.1) is 0 Å². The van der Waals surface area contributed by atoms with Gasteiger partial charge in [-0.15, -0.1) is 0 Å². The van der Waals surface area contributed by atoms with Gasteiger partial charge in [-0.1, -0.05) is 6.32 Å². The Kier molecular flexibility index (Phi) is 8.36. The number of ether oxygens (including phenoxy) is 1. The smallest absolute Gasteiger partial charge is 0.449 e. The second-order valence-electron chi connectivity index (χ2n) is 6.41. The molecular formula is C12H20BF5KNO2. The third-order valence-electron chi connectivity index (χ3n) is 3.26. The predicted octanol–water partition coefficient (Wildman–Crippen LogP) is 1.12. The molecule has 0 aromatic heterocycles. The van der Waals surface area contributed by atoms with E-state index in [1.807, 2.05) is 0 Å². The minimum atomic E-state index is -5.28. The molecule has 0 aromatic carbocycles. The van der Waals surface area contributed by atoms with E-state index in [0.717, 1.165) is 4.90 Å². The third kappa shape index (κ3) is 7.94. The second kappa shape index (κ2) is 8.13. The van der Waals surface area contributed by atoms with Crippen LogP contribution in [0, 0.1) is 5.92 Å². The molecule has 124 valence electrons. The Morgan fingerprint density at radius 1 is 1.27 bits per heavy atom. The van der Waals surface area contributed by atoms with Gasteiger partial charge in [-0.2, -0.15) is 0 Å². The number of alkyl halides is 2. The average molecular weight is 355 g/mol. The molecule has 1 amide bonds. The quantitative estimate of drug-likeness (QED) is 0.549. The number of amides is 1. The van der Waals surface area contributed by atoms with E-state index >= 15 is 0 Å². The van der Waals surface area contributed by atoms with Crippen molar-refractivity contribution in [2.75, 3.05) is 13.1 Å². The first kappa shape index (κ1) is 22.6. The van der Waals surface area contributed by atoms with Crippen LogP contribution in [-0.4, -0.2) is 42.6 Å². The van der Waals surface area contributed by atoms with Gasteiger partial charge in [0, 0.05) is 25.4 Å². The van der Waals surface area contributed by atoms with Crippen molar-refractivity contribution in [1.82, 2.24) is 4.90 Å². The maximum Gasteiger partial charge on any atom is 1.00 e. The summed E-state index contributed by atoms with van der Waals surface area (Å²) in [5.74, 6) is -5.20. The minimum absolute atomic E-state index is 0. The van der Waals surface area contributed by atoms with Crippen molar-refractivity contribution < 1.29 is 82.6 Å². The molecule has 0 bridgehead atoms. The van der Waals surface area contributed by atoms with E-state index in [1.165, 1.54) is 0 Å². The molecule has 10 heteroatoms. The van der Waals surface area contributed by atoms with Crippen LogP contribution in [0.1, 0.15) is 33.6 Å². The van der Waals surface area contributed by atoms with Crippen molar-refractivity contribution in [3.05, 3.63) is 0 Å². The van der Waals surface area contributed by atoms with Gasteiger partial charge in [-0.25, -0.2) is 13.6 Å². The number of carbonyl (C=O) groups excluding carboxylic acids is 1. The Morgan fingerprint density at radius 2 is 1.82 bits per heavy atom. The maximum absolute atomic E-state index is 13.8. The molecule has 3 nitrogen and oxygen atoms in total. The second-order valence-corrected chi connectivity index (χ2v) is 6.41. The molecule has 0 saturated carbocycles. The van der Waals surface area contributed by atoms with Gasteiger partial charge in [-0.05, 0) is 27.2 Å². The van der Waals surface area contributed by atoms with Crippen LogP contribution in [0.15, 0.2) is 0 Å². The van der Waals surface area contributed by atoms with Crippen molar-refractivity contribution in [2.45, 2.75) is 51.5 Å². The molecule has 1 fully saturated rings. The van der Waals surface area contributed by atoms with Crippen LogP contribution >= 0.6 is 0 Å².